The van der Waals surface area contributed by atoms with Gasteiger partial charge < -0.3 is 4.80 Å². The number of hydrogen-bond donors (Lipinski definition) is 1. The van der Waals surface area contributed by atoms with Crippen LogP contribution in [0.4, 0.5) is 0 Å². The zero-order valence-electron chi connectivity index (χ0n) is 8.62. The summed E-state index contributed by atoms with van der Waals surface area (Å²) in [6.07, 6.45) is 0. The molecule has 0 heterocycles. The molecule has 1 N–H and O–H groups in total. The predicted octanol–water partition coefficient (Wildman–Crippen LogP) is 2.99. The molecule has 1 aromatic rings. The second kappa shape index (κ2) is 4.07. The number of benzene rings is 1. The average Bonchev–Trinajstić information content (AvgIpc) is 2.03. The van der Waals surface area contributed by atoms with Gasteiger partial charge in [0.2, 0.25) is 0 Å². The highest BCUT2D eigenvalue weighted by atomic mass is 28.4. The van der Waals surface area contributed by atoms with Gasteiger partial charge in [0.25, 0.3) is 0 Å². The van der Waals surface area contributed by atoms with Crippen LogP contribution in [-0.4, -0.2) is 13.1 Å². The SMILES string of the molecule is CC(C[Si](C)(C)O)c1ccccc1. The fourth-order valence-corrected chi connectivity index (χ4v) is 3.38. The molecule has 0 aliphatic carbocycles. The molecule has 13 heavy (non-hydrogen) atoms. The van der Waals surface area contributed by atoms with Crippen molar-refractivity contribution in [1.82, 2.24) is 0 Å². The molecule has 1 aromatic carbocycles. The Kier molecular flexibility index (Phi) is 3.28. The highest BCUT2D eigenvalue weighted by Gasteiger charge is 2.21. The normalized spacial score (nSPS) is 14.2. The van der Waals surface area contributed by atoms with Crippen molar-refractivity contribution in [2.24, 2.45) is 0 Å². The molecule has 0 aliphatic heterocycles. The zero-order valence-corrected chi connectivity index (χ0v) is 9.62. The fourth-order valence-electron chi connectivity index (χ4n) is 1.65. The summed E-state index contributed by atoms with van der Waals surface area (Å²) in [7, 11) is -1.90. The maximum absolute atomic E-state index is 9.79. The summed E-state index contributed by atoms with van der Waals surface area (Å²) >= 11 is 0. The van der Waals surface area contributed by atoms with Crippen LogP contribution in [-0.2, 0) is 0 Å². The van der Waals surface area contributed by atoms with Crippen LogP contribution in [0.25, 0.3) is 0 Å². The van der Waals surface area contributed by atoms with Gasteiger partial charge >= 0.3 is 0 Å². The molecule has 1 nitrogen and oxygen atoms in total. The van der Waals surface area contributed by atoms with Crippen molar-refractivity contribution in [2.45, 2.75) is 32.0 Å². The van der Waals surface area contributed by atoms with Crippen LogP contribution >= 0.6 is 0 Å². The lowest BCUT2D eigenvalue weighted by Crippen LogP contribution is -2.26. The molecule has 0 saturated carbocycles. The van der Waals surface area contributed by atoms with Gasteiger partial charge in [0.05, 0.1) is 0 Å². The van der Waals surface area contributed by atoms with Gasteiger partial charge in [0.1, 0.15) is 0 Å². The van der Waals surface area contributed by atoms with E-state index in [4.69, 9.17) is 0 Å². The first kappa shape index (κ1) is 10.5. The maximum atomic E-state index is 9.79. The van der Waals surface area contributed by atoms with Gasteiger partial charge in [0, 0.05) is 0 Å². The quantitative estimate of drug-likeness (QED) is 0.733. The van der Waals surface area contributed by atoms with Crippen LogP contribution in [0, 0.1) is 0 Å². The van der Waals surface area contributed by atoms with Gasteiger partial charge in [-0.05, 0) is 30.6 Å². The van der Waals surface area contributed by atoms with Crippen molar-refractivity contribution < 1.29 is 4.80 Å². The summed E-state index contributed by atoms with van der Waals surface area (Å²) in [4.78, 5) is 9.79. The molecule has 72 valence electrons. The summed E-state index contributed by atoms with van der Waals surface area (Å²) in [5.74, 6) is 0.480. The summed E-state index contributed by atoms with van der Waals surface area (Å²) in [5.41, 5.74) is 1.33. The molecular weight excluding hydrogens is 176 g/mol. The van der Waals surface area contributed by atoms with Gasteiger partial charge in [-0.15, -0.1) is 0 Å². The molecule has 1 atom stereocenters. The van der Waals surface area contributed by atoms with Crippen molar-refractivity contribution in [3.05, 3.63) is 35.9 Å². The highest BCUT2D eigenvalue weighted by Crippen LogP contribution is 2.24. The standard InChI is InChI=1S/C11H18OSi/c1-10(9-13(2,3)12)11-7-5-4-6-8-11/h4-8,10,12H,9H2,1-3H3. The van der Waals surface area contributed by atoms with E-state index in [9.17, 15) is 4.80 Å². The van der Waals surface area contributed by atoms with Crippen LogP contribution < -0.4 is 0 Å². The molecule has 0 aliphatic rings. The molecule has 0 fully saturated rings. The molecule has 0 aromatic heterocycles. The van der Waals surface area contributed by atoms with E-state index in [1.165, 1.54) is 5.56 Å². The topological polar surface area (TPSA) is 20.2 Å². The zero-order chi connectivity index (χ0) is 9.90. The Morgan fingerprint density at radius 1 is 1.23 bits per heavy atom. The lowest BCUT2D eigenvalue weighted by Gasteiger charge is -2.19. The summed E-state index contributed by atoms with van der Waals surface area (Å²) in [5, 5.41) is 0. The lowest BCUT2D eigenvalue weighted by atomic mass is 10.0. The van der Waals surface area contributed by atoms with Crippen LogP contribution in [0.3, 0.4) is 0 Å². The predicted molar refractivity (Wildman–Crippen MR) is 59.4 cm³/mol. The van der Waals surface area contributed by atoms with Crippen LogP contribution in [0.5, 0.6) is 0 Å². The smallest absolute Gasteiger partial charge is 0.183 e. The van der Waals surface area contributed by atoms with E-state index < -0.39 is 8.32 Å². The lowest BCUT2D eigenvalue weighted by molar-refractivity contribution is 0.539. The second-order valence-corrected chi connectivity index (χ2v) is 8.36. The van der Waals surface area contributed by atoms with E-state index in [1.807, 2.05) is 19.2 Å². The molecule has 2 heteroatoms. The van der Waals surface area contributed by atoms with Gasteiger partial charge in [-0.3, -0.25) is 0 Å². The largest absolute Gasteiger partial charge is 0.432 e. The Labute approximate surface area is 81.6 Å². The van der Waals surface area contributed by atoms with Crippen molar-refractivity contribution in [2.75, 3.05) is 0 Å². The molecule has 0 bridgehead atoms. The second-order valence-electron chi connectivity index (χ2n) is 4.33. The Hall–Kier alpha value is -0.603. The van der Waals surface area contributed by atoms with Gasteiger partial charge in [-0.25, -0.2) is 0 Å². The third kappa shape index (κ3) is 3.74. The summed E-state index contributed by atoms with van der Waals surface area (Å²) < 4.78 is 0. The molecule has 1 rings (SSSR count). The number of hydrogen-bond acceptors (Lipinski definition) is 1. The van der Waals surface area contributed by atoms with Crippen molar-refractivity contribution in [3.63, 3.8) is 0 Å². The first-order valence-corrected chi connectivity index (χ1v) is 7.92. The minimum absolute atomic E-state index is 0.480. The third-order valence-corrected chi connectivity index (χ3v) is 3.79. The Morgan fingerprint density at radius 3 is 2.23 bits per heavy atom. The molecule has 0 saturated heterocycles. The Morgan fingerprint density at radius 2 is 1.77 bits per heavy atom. The summed E-state index contributed by atoms with van der Waals surface area (Å²) in [6, 6.07) is 11.3. The van der Waals surface area contributed by atoms with E-state index in [0.29, 0.717) is 5.92 Å². The average molecular weight is 194 g/mol. The van der Waals surface area contributed by atoms with E-state index in [1.54, 1.807) is 0 Å². The molecule has 0 radical (unpaired) electrons. The van der Waals surface area contributed by atoms with Gasteiger partial charge in [-0.1, -0.05) is 37.3 Å². The minimum atomic E-state index is -1.90. The van der Waals surface area contributed by atoms with Gasteiger partial charge in [-0.2, -0.15) is 0 Å². The molecular formula is C11H18OSi. The first-order chi connectivity index (χ1) is 5.99. The van der Waals surface area contributed by atoms with Crippen LogP contribution in [0.2, 0.25) is 19.1 Å². The van der Waals surface area contributed by atoms with E-state index >= 15 is 0 Å². The summed E-state index contributed by atoms with van der Waals surface area (Å²) in [6.45, 7) is 6.17. The maximum Gasteiger partial charge on any atom is 0.183 e. The van der Waals surface area contributed by atoms with E-state index in [2.05, 4.69) is 31.2 Å². The molecule has 0 amide bonds. The first-order valence-electron chi connectivity index (χ1n) is 4.76. The van der Waals surface area contributed by atoms with Crippen molar-refractivity contribution >= 4 is 8.32 Å². The minimum Gasteiger partial charge on any atom is -0.432 e. The van der Waals surface area contributed by atoms with Gasteiger partial charge in [0.15, 0.2) is 8.32 Å². The van der Waals surface area contributed by atoms with Crippen molar-refractivity contribution in [3.8, 4) is 0 Å². The number of rotatable bonds is 3. The van der Waals surface area contributed by atoms with Crippen LogP contribution in [0.15, 0.2) is 30.3 Å². The monoisotopic (exact) mass is 194 g/mol. The Bertz CT molecular complexity index is 251. The Balaban J connectivity index is 2.64. The molecule has 1 unspecified atom stereocenters. The van der Waals surface area contributed by atoms with Crippen LogP contribution in [0.1, 0.15) is 18.4 Å². The van der Waals surface area contributed by atoms with Crippen molar-refractivity contribution in [1.29, 1.82) is 0 Å². The fraction of sp³-hybridized carbons (Fsp3) is 0.455. The third-order valence-electron chi connectivity index (χ3n) is 2.17. The van der Waals surface area contributed by atoms with E-state index in [0.717, 1.165) is 6.04 Å². The molecule has 0 spiro atoms. The highest BCUT2D eigenvalue weighted by molar-refractivity contribution is 6.69. The van der Waals surface area contributed by atoms with E-state index in [-0.39, 0.29) is 0 Å².